The third-order valence-corrected chi connectivity index (χ3v) is 4.11. The van der Waals surface area contributed by atoms with Crippen LogP contribution in [0.2, 0.25) is 0 Å². The van der Waals surface area contributed by atoms with Gasteiger partial charge in [0.15, 0.2) is 0 Å². The van der Waals surface area contributed by atoms with Crippen LogP contribution in [0.25, 0.3) is 0 Å². The summed E-state index contributed by atoms with van der Waals surface area (Å²) in [5.74, 6) is 0.842. The van der Waals surface area contributed by atoms with E-state index in [1.807, 2.05) is 49.4 Å². The van der Waals surface area contributed by atoms with Gasteiger partial charge in [0.2, 0.25) is 5.91 Å². The molecule has 0 aromatic heterocycles. The maximum atomic E-state index is 12.0. The van der Waals surface area contributed by atoms with Crippen molar-refractivity contribution in [3.05, 3.63) is 58.1 Å². The fourth-order valence-electron chi connectivity index (χ4n) is 1.94. The van der Waals surface area contributed by atoms with Gasteiger partial charge in [0.1, 0.15) is 5.75 Å². The zero-order valence-corrected chi connectivity index (χ0v) is 13.7. The molecule has 0 aliphatic rings. The molecule has 21 heavy (non-hydrogen) atoms. The van der Waals surface area contributed by atoms with Gasteiger partial charge < -0.3 is 10.1 Å². The number of aryl methyl sites for hydroxylation is 2. The van der Waals surface area contributed by atoms with E-state index in [1.54, 1.807) is 7.11 Å². The molecule has 4 heteroatoms. The number of hydrogen-bond acceptors (Lipinski definition) is 2. The number of hydrogen-bond donors (Lipinski definition) is 1. The molecule has 0 heterocycles. The zero-order valence-electron chi connectivity index (χ0n) is 12.2. The summed E-state index contributed by atoms with van der Waals surface area (Å²) in [5, 5.41) is 2.91. The zero-order chi connectivity index (χ0) is 15.2. The van der Waals surface area contributed by atoms with E-state index in [-0.39, 0.29) is 5.91 Å². The second kappa shape index (κ2) is 7.27. The van der Waals surface area contributed by atoms with E-state index in [0.29, 0.717) is 12.8 Å². The highest BCUT2D eigenvalue weighted by atomic mass is 79.9. The van der Waals surface area contributed by atoms with Gasteiger partial charge in [0.05, 0.1) is 7.11 Å². The number of rotatable bonds is 5. The lowest BCUT2D eigenvalue weighted by Gasteiger charge is -2.07. The highest BCUT2D eigenvalue weighted by Crippen LogP contribution is 2.21. The van der Waals surface area contributed by atoms with Crippen molar-refractivity contribution in [3.63, 3.8) is 0 Å². The lowest BCUT2D eigenvalue weighted by Crippen LogP contribution is -2.12. The standard InChI is InChI=1S/C17H18BrNO2/c1-12-3-7-14(11-16(12)18)19-17(20)10-6-13-4-8-15(21-2)9-5-13/h3-5,7-9,11H,6,10H2,1-2H3,(H,19,20). The average molecular weight is 348 g/mol. The number of carbonyl (C=O) groups excluding carboxylic acids is 1. The highest BCUT2D eigenvalue weighted by molar-refractivity contribution is 9.10. The molecule has 2 aromatic rings. The molecule has 0 saturated carbocycles. The number of nitrogens with one attached hydrogen (secondary N) is 1. The minimum absolute atomic E-state index is 0.0153. The molecule has 0 aliphatic carbocycles. The lowest BCUT2D eigenvalue weighted by atomic mass is 10.1. The Morgan fingerprint density at radius 1 is 1.19 bits per heavy atom. The van der Waals surface area contributed by atoms with Crippen LogP contribution in [-0.2, 0) is 11.2 Å². The number of carbonyl (C=O) groups is 1. The number of anilines is 1. The molecule has 0 fully saturated rings. The van der Waals surface area contributed by atoms with Gasteiger partial charge >= 0.3 is 0 Å². The van der Waals surface area contributed by atoms with Crippen molar-refractivity contribution in [2.75, 3.05) is 12.4 Å². The van der Waals surface area contributed by atoms with Gasteiger partial charge in [-0.15, -0.1) is 0 Å². The molecule has 0 saturated heterocycles. The molecule has 3 nitrogen and oxygen atoms in total. The minimum Gasteiger partial charge on any atom is -0.497 e. The fraction of sp³-hybridized carbons (Fsp3) is 0.235. The SMILES string of the molecule is COc1ccc(CCC(=O)Nc2ccc(C)c(Br)c2)cc1. The van der Waals surface area contributed by atoms with Crippen molar-refractivity contribution in [3.8, 4) is 5.75 Å². The van der Waals surface area contributed by atoms with E-state index < -0.39 is 0 Å². The number of methoxy groups -OCH3 is 1. The first-order valence-corrected chi connectivity index (χ1v) is 7.56. The predicted octanol–water partition coefficient (Wildman–Crippen LogP) is 4.34. The minimum atomic E-state index is 0.0153. The van der Waals surface area contributed by atoms with Crippen LogP contribution >= 0.6 is 15.9 Å². The Bertz CT molecular complexity index is 623. The summed E-state index contributed by atoms with van der Waals surface area (Å²) in [6.07, 6.45) is 1.17. The molecule has 1 N–H and O–H groups in total. The smallest absolute Gasteiger partial charge is 0.224 e. The number of amides is 1. The Kier molecular flexibility index (Phi) is 5.39. The monoisotopic (exact) mass is 347 g/mol. The van der Waals surface area contributed by atoms with Gasteiger partial charge in [0, 0.05) is 16.6 Å². The molecule has 0 unspecified atom stereocenters. The van der Waals surface area contributed by atoms with E-state index >= 15 is 0 Å². The number of ether oxygens (including phenoxy) is 1. The van der Waals surface area contributed by atoms with Crippen molar-refractivity contribution in [1.29, 1.82) is 0 Å². The molecule has 2 rings (SSSR count). The summed E-state index contributed by atoms with van der Waals surface area (Å²) in [6.45, 7) is 2.01. The van der Waals surface area contributed by atoms with Gasteiger partial charge in [0.25, 0.3) is 0 Å². The van der Waals surface area contributed by atoms with Crippen LogP contribution in [0.4, 0.5) is 5.69 Å². The van der Waals surface area contributed by atoms with E-state index in [1.165, 1.54) is 0 Å². The first-order chi connectivity index (χ1) is 10.1. The Labute approximate surface area is 133 Å². The molecule has 1 amide bonds. The van der Waals surface area contributed by atoms with Gasteiger partial charge in [-0.1, -0.05) is 34.1 Å². The molecule has 0 radical (unpaired) electrons. The largest absolute Gasteiger partial charge is 0.497 e. The molecule has 2 aromatic carbocycles. The lowest BCUT2D eigenvalue weighted by molar-refractivity contribution is -0.116. The average Bonchev–Trinajstić information content (AvgIpc) is 2.49. The quantitative estimate of drug-likeness (QED) is 0.873. The maximum Gasteiger partial charge on any atom is 0.224 e. The van der Waals surface area contributed by atoms with Crippen molar-refractivity contribution in [2.24, 2.45) is 0 Å². The van der Waals surface area contributed by atoms with Gasteiger partial charge in [-0.05, 0) is 48.7 Å². The molecule has 0 aliphatic heterocycles. The summed E-state index contributed by atoms with van der Waals surface area (Å²) in [5.41, 5.74) is 3.08. The Hall–Kier alpha value is -1.81. The Morgan fingerprint density at radius 2 is 1.90 bits per heavy atom. The second-order valence-corrected chi connectivity index (χ2v) is 5.71. The van der Waals surface area contributed by atoms with Gasteiger partial charge in [-0.2, -0.15) is 0 Å². The summed E-state index contributed by atoms with van der Waals surface area (Å²) < 4.78 is 6.11. The molecule has 0 spiro atoms. The van der Waals surface area contributed by atoms with E-state index in [4.69, 9.17) is 4.74 Å². The van der Waals surface area contributed by atoms with Crippen molar-refractivity contribution in [2.45, 2.75) is 19.8 Å². The van der Waals surface area contributed by atoms with Crippen molar-refractivity contribution >= 4 is 27.5 Å². The van der Waals surface area contributed by atoms with Crippen LogP contribution in [0.1, 0.15) is 17.5 Å². The highest BCUT2D eigenvalue weighted by Gasteiger charge is 2.05. The van der Waals surface area contributed by atoms with Gasteiger partial charge in [-0.3, -0.25) is 4.79 Å². The van der Waals surface area contributed by atoms with Crippen LogP contribution < -0.4 is 10.1 Å². The van der Waals surface area contributed by atoms with Crippen molar-refractivity contribution < 1.29 is 9.53 Å². The summed E-state index contributed by atoms with van der Waals surface area (Å²) >= 11 is 3.46. The first kappa shape index (κ1) is 15.6. The predicted molar refractivity (Wildman–Crippen MR) is 88.8 cm³/mol. The van der Waals surface area contributed by atoms with Crippen molar-refractivity contribution in [1.82, 2.24) is 0 Å². The number of benzene rings is 2. The van der Waals surface area contributed by atoms with Crippen LogP contribution in [-0.4, -0.2) is 13.0 Å². The first-order valence-electron chi connectivity index (χ1n) is 6.77. The van der Waals surface area contributed by atoms with Crippen LogP contribution in [0, 0.1) is 6.92 Å². The van der Waals surface area contributed by atoms with Crippen LogP contribution in [0.15, 0.2) is 46.9 Å². The molecular formula is C17H18BrNO2. The Morgan fingerprint density at radius 3 is 2.52 bits per heavy atom. The van der Waals surface area contributed by atoms with Gasteiger partial charge in [-0.25, -0.2) is 0 Å². The van der Waals surface area contributed by atoms with Crippen LogP contribution in [0.3, 0.4) is 0 Å². The summed E-state index contributed by atoms with van der Waals surface area (Å²) in [6, 6.07) is 13.6. The summed E-state index contributed by atoms with van der Waals surface area (Å²) in [7, 11) is 1.64. The van der Waals surface area contributed by atoms with E-state index in [9.17, 15) is 4.79 Å². The second-order valence-electron chi connectivity index (χ2n) is 4.86. The number of halogens is 1. The topological polar surface area (TPSA) is 38.3 Å². The third kappa shape index (κ3) is 4.60. The molecule has 0 bridgehead atoms. The maximum absolute atomic E-state index is 12.0. The Balaban J connectivity index is 1.87. The molecular weight excluding hydrogens is 330 g/mol. The van der Waals surface area contributed by atoms with E-state index in [2.05, 4.69) is 21.2 Å². The molecule has 0 atom stereocenters. The molecule has 110 valence electrons. The summed E-state index contributed by atoms with van der Waals surface area (Å²) in [4.78, 5) is 12.0. The normalized spacial score (nSPS) is 10.2. The van der Waals surface area contributed by atoms with E-state index in [0.717, 1.165) is 27.0 Å². The third-order valence-electron chi connectivity index (χ3n) is 3.26. The fourth-order valence-corrected chi connectivity index (χ4v) is 2.32. The van der Waals surface area contributed by atoms with Crippen LogP contribution in [0.5, 0.6) is 5.75 Å².